The van der Waals surface area contributed by atoms with Gasteiger partial charge >= 0.3 is 6.09 Å². The van der Waals surface area contributed by atoms with Crippen molar-refractivity contribution in [1.29, 1.82) is 0 Å². The number of nitrogens with one attached hydrogen (secondary N) is 2. The molecule has 1 saturated carbocycles. The SMILES string of the molecule is CC(NC(=O)OCc1ccccc1)C(=O)NC1CCC(Cc2ccc(Cl)cc2)(N(C)C)CC1. The van der Waals surface area contributed by atoms with Crippen LogP contribution in [-0.2, 0) is 22.6 Å². The van der Waals surface area contributed by atoms with Crippen LogP contribution in [0.15, 0.2) is 54.6 Å². The van der Waals surface area contributed by atoms with Gasteiger partial charge in [0.2, 0.25) is 5.91 Å². The van der Waals surface area contributed by atoms with E-state index in [9.17, 15) is 9.59 Å². The molecule has 0 radical (unpaired) electrons. The predicted octanol–water partition coefficient (Wildman–Crippen LogP) is 4.56. The smallest absolute Gasteiger partial charge is 0.408 e. The number of nitrogens with zero attached hydrogens (tertiary/aromatic N) is 1. The van der Waals surface area contributed by atoms with Gasteiger partial charge in [-0.1, -0.05) is 54.1 Å². The fourth-order valence-electron chi connectivity index (χ4n) is 4.40. The zero-order chi connectivity index (χ0) is 23.8. The Hall–Kier alpha value is -2.57. The second kappa shape index (κ2) is 11.5. The Kier molecular flexibility index (Phi) is 8.75. The molecule has 2 aromatic rings. The molecule has 2 N–H and O–H groups in total. The average molecular weight is 472 g/mol. The molecule has 1 aliphatic rings. The number of ether oxygens (including phenoxy) is 1. The molecule has 0 spiro atoms. The van der Waals surface area contributed by atoms with Crippen LogP contribution in [0.3, 0.4) is 0 Å². The molecule has 2 amide bonds. The molecule has 2 aromatic carbocycles. The molecule has 33 heavy (non-hydrogen) atoms. The summed E-state index contributed by atoms with van der Waals surface area (Å²) >= 11 is 6.04. The van der Waals surface area contributed by atoms with E-state index in [1.807, 2.05) is 42.5 Å². The fourth-order valence-corrected chi connectivity index (χ4v) is 4.52. The summed E-state index contributed by atoms with van der Waals surface area (Å²) in [6.45, 7) is 1.84. The van der Waals surface area contributed by atoms with Gasteiger partial charge in [-0.3, -0.25) is 4.79 Å². The Balaban J connectivity index is 1.46. The molecule has 0 aliphatic heterocycles. The van der Waals surface area contributed by atoms with Crippen LogP contribution in [0.5, 0.6) is 0 Å². The number of amides is 2. The lowest BCUT2D eigenvalue weighted by Gasteiger charge is -2.45. The van der Waals surface area contributed by atoms with Gasteiger partial charge in [-0.15, -0.1) is 0 Å². The van der Waals surface area contributed by atoms with E-state index < -0.39 is 12.1 Å². The van der Waals surface area contributed by atoms with E-state index in [-0.39, 0.29) is 24.1 Å². The number of halogens is 1. The molecular weight excluding hydrogens is 438 g/mol. The minimum absolute atomic E-state index is 0.0557. The maximum Gasteiger partial charge on any atom is 0.408 e. The summed E-state index contributed by atoms with van der Waals surface area (Å²) in [5.41, 5.74) is 2.22. The highest BCUT2D eigenvalue weighted by Crippen LogP contribution is 2.35. The van der Waals surface area contributed by atoms with Crippen LogP contribution < -0.4 is 10.6 Å². The van der Waals surface area contributed by atoms with Crippen LogP contribution in [0.2, 0.25) is 5.02 Å². The molecule has 178 valence electrons. The van der Waals surface area contributed by atoms with Gasteiger partial charge in [-0.2, -0.15) is 0 Å². The van der Waals surface area contributed by atoms with Crippen molar-refractivity contribution in [2.45, 2.75) is 63.3 Å². The lowest BCUT2D eigenvalue weighted by Crippen LogP contribution is -2.54. The average Bonchev–Trinajstić information content (AvgIpc) is 2.81. The molecule has 1 atom stereocenters. The van der Waals surface area contributed by atoms with Crippen molar-refractivity contribution in [2.24, 2.45) is 0 Å². The molecule has 1 fully saturated rings. The predicted molar refractivity (Wildman–Crippen MR) is 131 cm³/mol. The maximum atomic E-state index is 12.6. The first kappa shape index (κ1) is 25.1. The zero-order valence-corrected chi connectivity index (χ0v) is 20.4. The van der Waals surface area contributed by atoms with Crippen molar-refractivity contribution in [3.05, 3.63) is 70.7 Å². The van der Waals surface area contributed by atoms with Crippen LogP contribution in [0.25, 0.3) is 0 Å². The van der Waals surface area contributed by atoms with Gasteiger partial charge < -0.3 is 20.3 Å². The van der Waals surface area contributed by atoms with Gasteiger partial charge in [-0.25, -0.2) is 4.79 Å². The first-order valence-corrected chi connectivity index (χ1v) is 11.8. The number of hydrogen-bond donors (Lipinski definition) is 2. The molecule has 0 aromatic heterocycles. The van der Waals surface area contributed by atoms with Gasteiger partial charge in [0, 0.05) is 16.6 Å². The summed E-state index contributed by atoms with van der Waals surface area (Å²) in [4.78, 5) is 27.0. The van der Waals surface area contributed by atoms with E-state index in [4.69, 9.17) is 16.3 Å². The number of benzene rings is 2. The highest BCUT2D eigenvalue weighted by Gasteiger charge is 2.38. The third-order valence-corrected chi connectivity index (χ3v) is 6.85. The lowest BCUT2D eigenvalue weighted by atomic mass is 9.75. The molecule has 0 heterocycles. The van der Waals surface area contributed by atoms with Crippen molar-refractivity contribution in [3.63, 3.8) is 0 Å². The summed E-state index contributed by atoms with van der Waals surface area (Å²) in [5, 5.41) is 6.47. The quantitative estimate of drug-likeness (QED) is 0.592. The summed E-state index contributed by atoms with van der Waals surface area (Å²) in [7, 11) is 4.25. The fraction of sp³-hybridized carbons (Fsp3) is 0.462. The van der Waals surface area contributed by atoms with Gasteiger partial charge in [0.05, 0.1) is 0 Å². The number of carbonyl (C=O) groups excluding carboxylic acids is 2. The van der Waals surface area contributed by atoms with E-state index in [1.165, 1.54) is 5.56 Å². The van der Waals surface area contributed by atoms with Crippen LogP contribution >= 0.6 is 11.6 Å². The minimum atomic E-state index is -0.664. The first-order valence-electron chi connectivity index (χ1n) is 11.5. The molecular formula is C26H34ClN3O3. The van der Waals surface area contributed by atoms with Crippen molar-refractivity contribution in [2.75, 3.05) is 14.1 Å². The third kappa shape index (κ3) is 7.21. The minimum Gasteiger partial charge on any atom is -0.445 e. The second-order valence-corrected chi connectivity index (χ2v) is 9.57. The van der Waals surface area contributed by atoms with E-state index in [1.54, 1.807) is 6.92 Å². The highest BCUT2D eigenvalue weighted by atomic mass is 35.5. The summed E-state index contributed by atoms with van der Waals surface area (Å²) in [6.07, 6.45) is 4.09. The van der Waals surface area contributed by atoms with Gasteiger partial charge in [0.15, 0.2) is 0 Å². The monoisotopic (exact) mass is 471 g/mol. The summed E-state index contributed by atoms with van der Waals surface area (Å²) in [5.74, 6) is -0.188. The standard InChI is InChI=1S/C26H34ClN3O3/c1-19(28-25(32)33-18-21-7-5-4-6-8-21)24(31)29-23-13-15-26(16-14-23,30(2)3)17-20-9-11-22(27)12-10-20/h4-12,19,23H,13-18H2,1-3H3,(H,28,32)(H,29,31). The van der Waals surface area contributed by atoms with E-state index in [2.05, 4.69) is 41.8 Å². The van der Waals surface area contributed by atoms with Crippen LogP contribution in [-0.4, -0.2) is 48.6 Å². The van der Waals surface area contributed by atoms with Crippen molar-refractivity contribution >= 4 is 23.6 Å². The Morgan fingerprint density at radius 1 is 1.06 bits per heavy atom. The van der Waals surface area contributed by atoms with E-state index >= 15 is 0 Å². The number of likely N-dealkylation sites (N-methyl/N-ethyl adjacent to an activating group) is 1. The Labute approximate surface area is 201 Å². The largest absolute Gasteiger partial charge is 0.445 e. The number of alkyl carbamates (subject to hydrolysis) is 1. The van der Waals surface area contributed by atoms with Crippen molar-refractivity contribution < 1.29 is 14.3 Å². The van der Waals surface area contributed by atoms with Gasteiger partial charge in [0.1, 0.15) is 12.6 Å². The molecule has 7 heteroatoms. The number of hydrogen-bond acceptors (Lipinski definition) is 4. The van der Waals surface area contributed by atoms with Gasteiger partial charge in [0.25, 0.3) is 0 Å². The van der Waals surface area contributed by atoms with E-state index in [0.717, 1.165) is 42.7 Å². The summed E-state index contributed by atoms with van der Waals surface area (Å²) in [6, 6.07) is 16.9. The molecule has 6 nitrogen and oxygen atoms in total. The Morgan fingerprint density at radius 2 is 1.70 bits per heavy atom. The van der Waals surface area contributed by atoms with Crippen LogP contribution in [0.4, 0.5) is 4.79 Å². The van der Waals surface area contributed by atoms with Crippen molar-refractivity contribution in [3.8, 4) is 0 Å². The normalized spacial score (nSPS) is 21.3. The molecule has 3 rings (SSSR count). The summed E-state index contributed by atoms with van der Waals surface area (Å²) < 4.78 is 5.21. The molecule has 0 bridgehead atoms. The Bertz CT molecular complexity index is 910. The molecule has 1 unspecified atom stereocenters. The Morgan fingerprint density at radius 3 is 2.30 bits per heavy atom. The number of rotatable bonds is 8. The third-order valence-electron chi connectivity index (χ3n) is 6.60. The topological polar surface area (TPSA) is 70.7 Å². The maximum absolute atomic E-state index is 12.6. The molecule has 0 saturated heterocycles. The van der Waals surface area contributed by atoms with E-state index in [0.29, 0.717) is 0 Å². The van der Waals surface area contributed by atoms with Crippen LogP contribution in [0, 0.1) is 0 Å². The van der Waals surface area contributed by atoms with Gasteiger partial charge in [-0.05, 0) is 76.4 Å². The lowest BCUT2D eigenvalue weighted by molar-refractivity contribution is -0.123. The van der Waals surface area contributed by atoms with Crippen LogP contribution in [0.1, 0.15) is 43.7 Å². The first-order chi connectivity index (χ1) is 15.8. The molecule has 1 aliphatic carbocycles. The zero-order valence-electron chi connectivity index (χ0n) is 19.6. The second-order valence-electron chi connectivity index (χ2n) is 9.13. The van der Waals surface area contributed by atoms with Crippen molar-refractivity contribution in [1.82, 2.24) is 15.5 Å². The highest BCUT2D eigenvalue weighted by molar-refractivity contribution is 6.30. The number of carbonyl (C=O) groups is 2.